The molecule has 0 saturated heterocycles. The summed E-state index contributed by atoms with van der Waals surface area (Å²) in [4.78, 5) is 12.1. The molecule has 0 radical (unpaired) electrons. The van der Waals surface area contributed by atoms with Crippen molar-refractivity contribution in [3.05, 3.63) is 47.1 Å². The second kappa shape index (κ2) is 4.42. The summed E-state index contributed by atoms with van der Waals surface area (Å²) in [5.74, 6) is 0.829. The minimum atomic E-state index is 0.724. The van der Waals surface area contributed by atoms with Gasteiger partial charge in [0.15, 0.2) is 5.65 Å². The third kappa shape index (κ3) is 1.87. The molecule has 3 aromatic rings. The summed E-state index contributed by atoms with van der Waals surface area (Å²) in [6.07, 6.45) is 2.76. The molecule has 0 saturated carbocycles. The standard InChI is InChI=1S/C14H12ClN3/c1-2-9-7-8-16-14-12(9)17-13(18-14)10-3-5-11(15)6-4-10/h3-8H,2H2,1H3,(H,16,17,18). The Morgan fingerprint density at radius 2 is 1.94 bits per heavy atom. The molecule has 0 unspecified atom stereocenters. The number of pyridine rings is 1. The van der Waals surface area contributed by atoms with Crippen molar-refractivity contribution in [3.63, 3.8) is 0 Å². The molecule has 1 aromatic carbocycles. The Labute approximate surface area is 110 Å². The molecule has 0 aliphatic heterocycles. The van der Waals surface area contributed by atoms with Crippen LogP contribution in [-0.4, -0.2) is 15.0 Å². The first-order valence-corrected chi connectivity index (χ1v) is 6.25. The lowest BCUT2D eigenvalue weighted by Crippen LogP contribution is -1.84. The van der Waals surface area contributed by atoms with Crippen LogP contribution in [0, 0.1) is 0 Å². The van der Waals surface area contributed by atoms with Gasteiger partial charge in [0.1, 0.15) is 5.82 Å². The minimum absolute atomic E-state index is 0.724. The van der Waals surface area contributed by atoms with Crippen molar-refractivity contribution in [2.24, 2.45) is 0 Å². The van der Waals surface area contributed by atoms with Gasteiger partial charge in [-0.25, -0.2) is 9.97 Å². The maximum atomic E-state index is 5.88. The van der Waals surface area contributed by atoms with Gasteiger partial charge in [-0.15, -0.1) is 0 Å². The Morgan fingerprint density at radius 1 is 1.17 bits per heavy atom. The maximum absolute atomic E-state index is 5.88. The molecule has 0 atom stereocenters. The fraction of sp³-hybridized carbons (Fsp3) is 0.143. The van der Waals surface area contributed by atoms with Gasteiger partial charge in [0.25, 0.3) is 0 Å². The third-order valence-electron chi connectivity index (χ3n) is 2.98. The SMILES string of the molecule is CCc1ccnc2nc(-c3ccc(Cl)cc3)[nH]c12. The molecular formula is C14H12ClN3. The molecule has 0 spiro atoms. The number of nitrogens with zero attached hydrogens (tertiary/aromatic N) is 2. The quantitative estimate of drug-likeness (QED) is 0.758. The van der Waals surface area contributed by atoms with Crippen molar-refractivity contribution in [3.8, 4) is 11.4 Å². The van der Waals surface area contributed by atoms with E-state index in [1.165, 1.54) is 5.56 Å². The maximum Gasteiger partial charge on any atom is 0.178 e. The van der Waals surface area contributed by atoms with Crippen molar-refractivity contribution in [1.29, 1.82) is 0 Å². The third-order valence-corrected chi connectivity index (χ3v) is 3.23. The number of halogens is 1. The highest BCUT2D eigenvalue weighted by molar-refractivity contribution is 6.30. The molecule has 4 heteroatoms. The lowest BCUT2D eigenvalue weighted by molar-refractivity contribution is 1.14. The molecule has 18 heavy (non-hydrogen) atoms. The number of hydrogen-bond donors (Lipinski definition) is 1. The van der Waals surface area contributed by atoms with E-state index in [1.54, 1.807) is 6.20 Å². The predicted octanol–water partition coefficient (Wildman–Crippen LogP) is 3.84. The van der Waals surface area contributed by atoms with Gasteiger partial charge in [0, 0.05) is 16.8 Å². The monoisotopic (exact) mass is 257 g/mol. The molecule has 3 nitrogen and oxygen atoms in total. The van der Waals surface area contributed by atoms with Gasteiger partial charge < -0.3 is 4.98 Å². The Hall–Kier alpha value is -1.87. The van der Waals surface area contributed by atoms with Crippen LogP contribution < -0.4 is 0 Å². The summed E-state index contributed by atoms with van der Waals surface area (Å²) in [6, 6.07) is 9.64. The van der Waals surface area contributed by atoms with Gasteiger partial charge in [-0.2, -0.15) is 0 Å². The molecule has 0 aliphatic rings. The first-order valence-electron chi connectivity index (χ1n) is 5.87. The number of aromatic nitrogens is 3. The van der Waals surface area contributed by atoms with E-state index in [0.29, 0.717) is 0 Å². The molecule has 90 valence electrons. The second-order valence-corrected chi connectivity index (χ2v) is 4.55. The van der Waals surface area contributed by atoms with Crippen LogP contribution in [0.4, 0.5) is 0 Å². The molecule has 1 N–H and O–H groups in total. The number of rotatable bonds is 2. The average molecular weight is 258 g/mol. The van der Waals surface area contributed by atoms with Gasteiger partial charge >= 0.3 is 0 Å². The summed E-state index contributed by atoms with van der Waals surface area (Å²) >= 11 is 5.88. The Kier molecular flexibility index (Phi) is 2.76. The zero-order valence-electron chi connectivity index (χ0n) is 9.94. The minimum Gasteiger partial charge on any atom is -0.336 e. The molecule has 3 rings (SSSR count). The number of aryl methyl sites for hydroxylation is 1. The highest BCUT2D eigenvalue weighted by atomic mass is 35.5. The second-order valence-electron chi connectivity index (χ2n) is 4.11. The van der Waals surface area contributed by atoms with E-state index in [0.717, 1.165) is 34.0 Å². The van der Waals surface area contributed by atoms with Crippen molar-refractivity contribution in [2.45, 2.75) is 13.3 Å². The Morgan fingerprint density at radius 3 is 2.67 bits per heavy atom. The first kappa shape index (κ1) is 11.2. The lowest BCUT2D eigenvalue weighted by atomic mass is 10.2. The molecular weight excluding hydrogens is 246 g/mol. The van der Waals surface area contributed by atoms with Gasteiger partial charge in [-0.3, -0.25) is 0 Å². The van der Waals surface area contributed by atoms with E-state index in [4.69, 9.17) is 11.6 Å². The molecule has 0 fully saturated rings. The molecule has 0 aliphatic carbocycles. The number of hydrogen-bond acceptors (Lipinski definition) is 2. The summed E-state index contributed by atoms with van der Waals surface area (Å²) in [6.45, 7) is 2.12. The summed E-state index contributed by atoms with van der Waals surface area (Å²) in [5, 5.41) is 0.724. The fourth-order valence-corrected chi connectivity index (χ4v) is 2.13. The van der Waals surface area contributed by atoms with E-state index < -0.39 is 0 Å². The normalized spacial score (nSPS) is 11.0. The first-order chi connectivity index (χ1) is 8.78. The highest BCUT2D eigenvalue weighted by Gasteiger charge is 2.08. The van der Waals surface area contributed by atoms with E-state index >= 15 is 0 Å². The lowest BCUT2D eigenvalue weighted by Gasteiger charge is -1.97. The van der Waals surface area contributed by atoms with Crippen LogP contribution >= 0.6 is 11.6 Å². The molecule has 0 amide bonds. The smallest absolute Gasteiger partial charge is 0.178 e. The number of benzene rings is 1. The molecule has 2 heterocycles. The average Bonchev–Trinajstić information content (AvgIpc) is 2.83. The topological polar surface area (TPSA) is 41.6 Å². The van der Waals surface area contributed by atoms with Gasteiger partial charge in [-0.05, 0) is 42.3 Å². The zero-order valence-corrected chi connectivity index (χ0v) is 10.7. The van der Waals surface area contributed by atoms with Crippen molar-refractivity contribution in [1.82, 2.24) is 15.0 Å². The van der Waals surface area contributed by atoms with Gasteiger partial charge in [0.05, 0.1) is 5.52 Å². The number of H-pyrrole nitrogens is 1. The predicted molar refractivity (Wildman–Crippen MR) is 73.7 cm³/mol. The van der Waals surface area contributed by atoms with E-state index in [1.807, 2.05) is 30.3 Å². The van der Waals surface area contributed by atoms with E-state index in [2.05, 4.69) is 21.9 Å². The summed E-state index contributed by atoms with van der Waals surface area (Å²) < 4.78 is 0. The Balaban J connectivity index is 2.16. The molecule has 0 bridgehead atoms. The van der Waals surface area contributed by atoms with Crippen LogP contribution in [0.1, 0.15) is 12.5 Å². The highest BCUT2D eigenvalue weighted by Crippen LogP contribution is 2.23. The van der Waals surface area contributed by atoms with Crippen LogP contribution in [0.3, 0.4) is 0 Å². The number of nitrogens with one attached hydrogen (secondary N) is 1. The Bertz CT molecular complexity index is 686. The van der Waals surface area contributed by atoms with Crippen LogP contribution in [-0.2, 0) is 6.42 Å². The van der Waals surface area contributed by atoms with Crippen molar-refractivity contribution in [2.75, 3.05) is 0 Å². The molecule has 2 aromatic heterocycles. The van der Waals surface area contributed by atoms with Crippen LogP contribution in [0.25, 0.3) is 22.6 Å². The van der Waals surface area contributed by atoms with Crippen LogP contribution in [0.15, 0.2) is 36.5 Å². The van der Waals surface area contributed by atoms with Crippen LogP contribution in [0.5, 0.6) is 0 Å². The van der Waals surface area contributed by atoms with Crippen molar-refractivity contribution >= 4 is 22.8 Å². The van der Waals surface area contributed by atoms with E-state index in [9.17, 15) is 0 Å². The number of imidazole rings is 1. The van der Waals surface area contributed by atoms with Crippen molar-refractivity contribution < 1.29 is 0 Å². The summed E-state index contributed by atoms with van der Waals surface area (Å²) in [5.41, 5.74) is 4.02. The summed E-state index contributed by atoms with van der Waals surface area (Å²) in [7, 11) is 0. The fourth-order valence-electron chi connectivity index (χ4n) is 2.00. The zero-order chi connectivity index (χ0) is 12.5. The van der Waals surface area contributed by atoms with Gasteiger partial charge in [-0.1, -0.05) is 18.5 Å². The van der Waals surface area contributed by atoms with Crippen LogP contribution in [0.2, 0.25) is 5.02 Å². The largest absolute Gasteiger partial charge is 0.336 e. The number of fused-ring (bicyclic) bond motifs is 1. The van der Waals surface area contributed by atoms with Gasteiger partial charge in [0.2, 0.25) is 0 Å². The van der Waals surface area contributed by atoms with E-state index in [-0.39, 0.29) is 0 Å². The number of aromatic amines is 1.